The Labute approximate surface area is 123 Å². The highest BCUT2D eigenvalue weighted by Crippen LogP contribution is 2.33. The molecule has 0 atom stereocenters. The number of furan rings is 1. The van der Waals surface area contributed by atoms with E-state index in [2.05, 4.69) is 28.3 Å². The fourth-order valence-electron chi connectivity index (χ4n) is 2.41. The number of rotatable bonds is 5. The van der Waals surface area contributed by atoms with Crippen LogP contribution in [0.1, 0.15) is 12.5 Å². The lowest BCUT2D eigenvalue weighted by Gasteiger charge is -2.04. The number of para-hydroxylation sites is 1. The predicted octanol–water partition coefficient (Wildman–Crippen LogP) is 2.82. The number of aromatic nitrogens is 2. The lowest BCUT2D eigenvalue weighted by Crippen LogP contribution is -2.14. The topological polar surface area (TPSA) is 77.0 Å². The molecule has 0 radical (unpaired) electrons. The third-order valence-electron chi connectivity index (χ3n) is 3.37. The number of benzene rings is 1. The van der Waals surface area contributed by atoms with Crippen LogP contribution in [0, 0.1) is 0 Å². The van der Waals surface area contributed by atoms with Crippen molar-refractivity contribution in [2.45, 2.75) is 13.3 Å². The van der Waals surface area contributed by atoms with E-state index in [-0.39, 0.29) is 0 Å². The number of nitrogens with one attached hydrogen (secondary N) is 1. The van der Waals surface area contributed by atoms with Crippen LogP contribution in [0.15, 0.2) is 40.9 Å². The molecule has 0 bridgehead atoms. The van der Waals surface area contributed by atoms with Crippen LogP contribution in [-0.2, 0) is 6.42 Å². The van der Waals surface area contributed by atoms with Crippen molar-refractivity contribution in [1.82, 2.24) is 9.97 Å². The summed E-state index contributed by atoms with van der Waals surface area (Å²) in [5.74, 6) is 1.39. The molecule has 5 heteroatoms. The van der Waals surface area contributed by atoms with E-state index in [9.17, 15) is 0 Å². The number of anilines is 1. The van der Waals surface area contributed by atoms with Gasteiger partial charge in [0, 0.05) is 30.2 Å². The van der Waals surface area contributed by atoms with E-state index >= 15 is 0 Å². The van der Waals surface area contributed by atoms with Gasteiger partial charge in [-0.1, -0.05) is 25.1 Å². The number of aryl methyl sites for hydroxylation is 1. The summed E-state index contributed by atoms with van der Waals surface area (Å²) in [5.41, 5.74) is 8.34. The van der Waals surface area contributed by atoms with E-state index in [1.807, 2.05) is 24.3 Å². The summed E-state index contributed by atoms with van der Waals surface area (Å²) < 4.78 is 5.99. The Morgan fingerprint density at radius 1 is 1.24 bits per heavy atom. The summed E-state index contributed by atoms with van der Waals surface area (Å²) in [5, 5.41) is 4.23. The standard InChI is InChI=1S/C16H18N4O/c1-2-11-12-5-3-4-6-14(12)21-15(11)13-7-9-18-16(20-13)19-10-8-17/h3-7,9H,2,8,10,17H2,1H3,(H,18,19,20). The molecule has 3 rings (SSSR count). The van der Waals surface area contributed by atoms with E-state index in [0.29, 0.717) is 19.0 Å². The third-order valence-corrected chi connectivity index (χ3v) is 3.37. The van der Waals surface area contributed by atoms with E-state index in [0.717, 1.165) is 28.8 Å². The minimum absolute atomic E-state index is 0.540. The zero-order valence-electron chi connectivity index (χ0n) is 12.0. The van der Waals surface area contributed by atoms with Crippen LogP contribution in [0.3, 0.4) is 0 Å². The molecule has 0 aliphatic rings. The summed E-state index contributed by atoms with van der Waals surface area (Å²) >= 11 is 0. The van der Waals surface area contributed by atoms with Crippen molar-refractivity contribution in [1.29, 1.82) is 0 Å². The molecule has 0 amide bonds. The zero-order valence-corrected chi connectivity index (χ0v) is 12.0. The van der Waals surface area contributed by atoms with Crippen molar-refractivity contribution >= 4 is 16.9 Å². The number of nitrogens with zero attached hydrogens (tertiary/aromatic N) is 2. The number of hydrogen-bond acceptors (Lipinski definition) is 5. The molecule has 108 valence electrons. The average Bonchev–Trinajstić information content (AvgIpc) is 2.91. The van der Waals surface area contributed by atoms with E-state index in [4.69, 9.17) is 10.2 Å². The summed E-state index contributed by atoms with van der Waals surface area (Å²) in [6.45, 7) is 3.30. The quantitative estimate of drug-likeness (QED) is 0.752. The lowest BCUT2D eigenvalue weighted by atomic mass is 10.1. The number of nitrogens with two attached hydrogens (primary N) is 1. The van der Waals surface area contributed by atoms with Gasteiger partial charge in [0.2, 0.25) is 5.95 Å². The van der Waals surface area contributed by atoms with Crippen LogP contribution >= 0.6 is 0 Å². The molecule has 0 unspecified atom stereocenters. The zero-order chi connectivity index (χ0) is 14.7. The minimum atomic E-state index is 0.540. The van der Waals surface area contributed by atoms with Crippen LogP contribution in [0.5, 0.6) is 0 Å². The number of hydrogen-bond donors (Lipinski definition) is 2. The molecule has 0 aliphatic carbocycles. The molecular weight excluding hydrogens is 264 g/mol. The first-order chi connectivity index (χ1) is 10.3. The fraction of sp³-hybridized carbons (Fsp3) is 0.250. The number of fused-ring (bicyclic) bond motifs is 1. The van der Waals surface area contributed by atoms with Crippen LogP contribution in [0.4, 0.5) is 5.95 Å². The Balaban J connectivity index is 2.07. The fourth-order valence-corrected chi connectivity index (χ4v) is 2.41. The van der Waals surface area contributed by atoms with Gasteiger partial charge in [0.15, 0.2) is 5.76 Å². The Bertz CT molecular complexity index is 751. The molecule has 2 aromatic heterocycles. The van der Waals surface area contributed by atoms with Gasteiger partial charge in [-0.15, -0.1) is 0 Å². The molecule has 0 saturated carbocycles. The summed E-state index contributed by atoms with van der Waals surface area (Å²) in [6.07, 6.45) is 2.62. The van der Waals surface area contributed by atoms with Gasteiger partial charge in [0.1, 0.15) is 11.3 Å². The van der Waals surface area contributed by atoms with Crippen molar-refractivity contribution in [2.75, 3.05) is 18.4 Å². The summed E-state index contributed by atoms with van der Waals surface area (Å²) in [6, 6.07) is 9.92. The second-order valence-electron chi connectivity index (χ2n) is 4.74. The van der Waals surface area contributed by atoms with E-state index < -0.39 is 0 Å². The smallest absolute Gasteiger partial charge is 0.223 e. The molecule has 21 heavy (non-hydrogen) atoms. The molecule has 0 saturated heterocycles. The van der Waals surface area contributed by atoms with Crippen LogP contribution in [0.25, 0.3) is 22.4 Å². The van der Waals surface area contributed by atoms with Crippen LogP contribution in [-0.4, -0.2) is 23.1 Å². The maximum atomic E-state index is 5.99. The van der Waals surface area contributed by atoms with E-state index in [1.54, 1.807) is 6.20 Å². The molecule has 0 aliphatic heterocycles. The Morgan fingerprint density at radius 3 is 2.90 bits per heavy atom. The predicted molar refractivity (Wildman–Crippen MR) is 84.2 cm³/mol. The molecule has 2 heterocycles. The Hall–Kier alpha value is -2.40. The Morgan fingerprint density at radius 2 is 2.10 bits per heavy atom. The molecule has 5 nitrogen and oxygen atoms in total. The highest BCUT2D eigenvalue weighted by molar-refractivity contribution is 5.87. The largest absolute Gasteiger partial charge is 0.454 e. The van der Waals surface area contributed by atoms with Crippen LogP contribution in [0.2, 0.25) is 0 Å². The van der Waals surface area contributed by atoms with Gasteiger partial charge >= 0.3 is 0 Å². The molecule has 3 aromatic rings. The van der Waals surface area contributed by atoms with Crippen molar-refractivity contribution in [3.63, 3.8) is 0 Å². The highest BCUT2D eigenvalue weighted by atomic mass is 16.3. The summed E-state index contributed by atoms with van der Waals surface area (Å²) in [4.78, 5) is 8.71. The normalized spacial score (nSPS) is 11.0. The van der Waals surface area contributed by atoms with Crippen LogP contribution < -0.4 is 11.1 Å². The van der Waals surface area contributed by atoms with Crippen molar-refractivity contribution in [3.8, 4) is 11.5 Å². The van der Waals surface area contributed by atoms with Gasteiger partial charge in [-0.05, 0) is 18.6 Å². The van der Waals surface area contributed by atoms with Gasteiger partial charge < -0.3 is 15.5 Å². The van der Waals surface area contributed by atoms with Gasteiger partial charge in [-0.2, -0.15) is 0 Å². The molecular formula is C16H18N4O. The molecule has 0 fully saturated rings. The van der Waals surface area contributed by atoms with Gasteiger partial charge in [0.05, 0.1) is 0 Å². The van der Waals surface area contributed by atoms with Crippen molar-refractivity contribution < 1.29 is 4.42 Å². The maximum Gasteiger partial charge on any atom is 0.223 e. The third kappa shape index (κ3) is 2.60. The monoisotopic (exact) mass is 282 g/mol. The van der Waals surface area contributed by atoms with Crippen molar-refractivity contribution in [3.05, 3.63) is 42.1 Å². The lowest BCUT2D eigenvalue weighted by molar-refractivity contribution is 0.624. The molecule has 0 spiro atoms. The second-order valence-corrected chi connectivity index (χ2v) is 4.74. The van der Waals surface area contributed by atoms with Gasteiger partial charge in [-0.3, -0.25) is 0 Å². The first kappa shape index (κ1) is 13.6. The first-order valence-electron chi connectivity index (χ1n) is 7.11. The first-order valence-corrected chi connectivity index (χ1v) is 7.11. The SMILES string of the molecule is CCc1c(-c2ccnc(NCCN)n2)oc2ccccc12. The molecule has 3 N–H and O–H groups in total. The van der Waals surface area contributed by atoms with Crippen molar-refractivity contribution in [2.24, 2.45) is 5.73 Å². The van der Waals surface area contributed by atoms with Gasteiger partial charge in [-0.25, -0.2) is 9.97 Å². The minimum Gasteiger partial charge on any atom is -0.454 e. The maximum absolute atomic E-state index is 5.99. The Kier molecular flexibility index (Phi) is 3.83. The average molecular weight is 282 g/mol. The van der Waals surface area contributed by atoms with E-state index in [1.165, 1.54) is 5.56 Å². The molecule has 1 aromatic carbocycles. The summed E-state index contributed by atoms with van der Waals surface area (Å²) in [7, 11) is 0. The highest BCUT2D eigenvalue weighted by Gasteiger charge is 2.15. The second kappa shape index (κ2) is 5.93. The van der Waals surface area contributed by atoms with Gasteiger partial charge in [0.25, 0.3) is 0 Å².